The van der Waals surface area contributed by atoms with Crippen molar-refractivity contribution in [3.63, 3.8) is 0 Å². The second-order valence-electron chi connectivity index (χ2n) is 4.75. The summed E-state index contributed by atoms with van der Waals surface area (Å²) in [7, 11) is 0. The van der Waals surface area contributed by atoms with Gasteiger partial charge in [-0.15, -0.1) is 0 Å². The molecule has 1 atom stereocenters. The predicted molar refractivity (Wildman–Crippen MR) is 82.4 cm³/mol. The third kappa shape index (κ3) is 3.79. The van der Waals surface area contributed by atoms with Crippen molar-refractivity contribution in [1.29, 1.82) is 0 Å². The fourth-order valence-electron chi connectivity index (χ4n) is 2.09. The van der Waals surface area contributed by atoms with Crippen LogP contribution in [0.15, 0.2) is 42.7 Å². The fourth-order valence-corrected chi connectivity index (χ4v) is 2.09. The van der Waals surface area contributed by atoms with Crippen LogP contribution in [-0.2, 0) is 0 Å². The number of anilines is 1. The predicted octanol–water partition coefficient (Wildman–Crippen LogP) is 2.71. The smallest absolute Gasteiger partial charge is 0.259 e. The van der Waals surface area contributed by atoms with E-state index in [9.17, 15) is 9.90 Å². The van der Waals surface area contributed by atoms with Gasteiger partial charge in [-0.1, -0.05) is 19.1 Å². The molecule has 2 rings (SSSR count). The Morgan fingerprint density at radius 3 is 2.90 bits per heavy atom. The summed E-state index contributed by atoms with van der Waals surface area (Å²) in [5.74, 6) is -0.490. The van der Waals surface area contributed by atoms with E-state index >= 15 is 0 Å². The van der Waals surface area contributed by atoms with Crippen LogP contribution in [0.3, 0.4) is 0 Å². The molecule has 1 unspecified atom stereocenters. The van der Waals surface area contributed by atoms with Crippen LogP contribution in [0.1, 0.15) is 35.8 Å². The highest BCUT2D eigenvalue weighted by Gasteiger charge is 2.11. The highest BCUT2D eigenvalue weighted by atomic mass is 16.3. The average molecular weight is 285 g/mol. The standard InChI is InChI=1S/C16H19N3O2/c1-3-18-11(2)12-5-4-6-13(9-12)19-16(21)14-7-8-17-10-15(14)20/h4-11,18,20H,3H2,1-2H3,(H,19,21). The molecule has 1 amide bonds. The van der Waals surface area contributed by atoms with E-state index in [1.54, 1.807) is 0 Å². The third-order valence-corrected chi connectivity index (χ3v) is 3.20. The van der Waals surface area contributed by atoms with Gasteiger partial charge < -0.3 is 15.7 Å². The summed E-state index contributed by atoms with van der Waals surface area (Å²) >= 11 is 0. The van der Waals surface area contributed by atoms with Gasteiger partial charge in [-0.25, -0.2) is 0 Å². The van der Waals surface area contributed by atoms with Crippen molar-refractivity contribution in [2.75, 3.05) is 11.9 Å². The number of pyridine rings is 1. The number of aromatic nitrogens is 1. The molecule has 0 fully saturated rings. The lowest BCUT2D eigenvalue weighted by molar-refractivity contribution is 0.102. The normalized spacial score (nSPS) is 11.9. The van der Waals surface area contributed by atoms with Gasteiger partial charge in [-0.2, -0.15) is 0 Å². The van der Waals surface area contributed by atoms with Gasteiger partial charge >= 0.3 is 0 Å². The molecule has 0 saturated heterocycles. The topological polar surface area (TPSA) is 74.2 Å². The highest BCUT2D eigenvalue weighted by molar-refractivity contribution is 6.06. The number of benzene rings is 1. The van der Waals surface area contributed by atoms with E-state index in [-0.39, 0.29) is 23.3 Å². The van der Waals surface area contributed by atoms with Crippen molar-refractivity contribution in [1.82, 2.24) is 10.3 Å². The van der Waals surface area contributed by atoms with E-state index in [2.05, 4.69) is 22.5 Å². The summed E-state index contributed by atoms with van der Waals surface area (Å²) in [4.78, 5) is 15.9. The van der Waals surface area contributed by atoms with E-state index in [0.717, 1.165) is 12.1 Å². The minimum Gasteiger partial charge on any atom is -0.505 e. The van der Waals surface area contributed by atoms with E-state index in [0.29, 0.717) is 5.69 Å². The van der Waals surface area contributed by atoms with Crippen LogP contribution in [-0.4, -0.2) is 22.5 Å². The van der Waals surface area contributed by atoms with Crippen LogP contribution in [0.5, 0.6) is 5.75 Å². The van der Waals surface area contributed by atoms with Crippen LogP contribution in [0.2, 0.25) is 0 Å². The first-order chi connectivity index (χ1) is 10.1. The number of hydrogen-bond acceptors (Lipinski definition) is 4. The quantitative estimate of drug-likeness (QED) is 0.789. The number of carbonyl (C=O) groups excluding carboxylic acids is 1. The number of carbonyl (C=O) groups is 1. The first-order valence-corrected chi connectivity index (χ1v) is 6.89. The first-order valence-electron chi connectivity index (χ1n) is 6.89. The lowest BCUT2D eigenvalue weighted by Crippen LogP contribution is -2.18. The summed E-state index contributed by atoms with van der Waals surface area (Å²) < 4.78 is 0. The van der Waals surface area contributed by atoms with Crippen LogP contribution in [0.25, 0.3) is 0 Å². The molecule has 0 aliphatic rings. The molecule has 0 aliphatic carbocycles. The molecule has 0 bridgehead atoms. The summed E-state index contributed by atoms with van der Waals surface area (Å²) in [5.41, 5.74) is 1.99. The van der Waals surface area contributed by atoms with Crippen LogP contribution in [0, 0.1) is 0 Å². The number of nitrogens with zero attached hydrogens (tertiary/aromatic N) is 1. The van der Waals surface area contributed by atoms with Crippen LogP contribution >= 0.6 is 0 Å². The molecular weight excluding hydrogens is 266 g/mol. The molecule has 1 heterocycles. The lowest BCUT2D eigenvalue weighted by atomic mass is 10.1. The molecule has 5 nitrogen and oxygen atoms in total. The molecule has 0 radical (unpaired) electrons. The number of aromatic hydroxyl groups is 1. The Bertz CT molecular complexity index is 628. The third-order valence-electron chi connectivity index (χ3n) is 3.20. The van der Waals surface area contributed by atoms with Gasteiger partial charge in [0, 0.05) is 17.9 Å². The summed E-state index contributed by atoms with van der Waals surface area (Å²) in [6.45, 7) is 5.00. The zero-order valence-corrected chi connectivity index (χ0v) is 12.1. The lowest BCUT2D eigenvalue weighted by Gasteiger charge is -2.14. The Labute approximate surface area is 124 Å². The Balaban J connectivity index is 2.15. The fraction of sp³-hybridized carbons (Fsp3) is 0.250. The van der Waals surface area contributed by atoms with Crippen molar-refractivity contribution in [2.24, 2.45) is 0 Å². The summed E-state index contributed by atoms with van der Waals surface area (Å²) in [6, 6.07) is 9.33. The molecule has 1 aromatic heterocycles. The van der Waals surface area contributed by atoms with Gasteiger partial charge in [0.25, 0.3) is 5.91 Å². The first kappa shape index (κ1) is 15.0. The highest BCUT2D eigenvalue weighted by Crippen LogP contribution is 2.20. The Morgan fingerprint density at radius 2 is 2.19 bits per heavy atom. The monoisotopic (exact) mass is 285 g/mol. The molecule has 0 aliphatic heterocycles. The molecule has 110 valence electrons. The van der Waals surface area contributed by atoms with Gasteiger partial charge in [0.2, 0.25) is 0 Å². The number of nitrogens with one attached hydrogen (secondary N) is 2. The zero-order chi connectivity index (χ0) is 15.2. The van der Waals surface area contributed by atoms with Gasteiger partial charge in [0.15, 0.2) is 0 Å². The van der Waals surface area contributed by atoms with Gasteiger partial charge in [0.1, 0.15) is 5.75 Å². The van der Waals surface area contributed by atoms with E-state index in [1.165, 1.54) is 18.5 Å². The van der Waals surface area contributed by atoms with Crippen molar-refractivity contribution in [3.8, 4) is 5.75 Å². The minimum atomic E-state index is -0.358. The Kier molecular flexibility index (Phi) is 4.90. The molecule has 5 heteroatoms. The Morgan fingerprint density at radius 1 is 1.38 bits per heavy atom. The SMILES string of the molecule is CCNC(C)c1cccc(NC(=O)c2ccncc2O)c1. The van der Waals surface area contributed by atoms with Crippen molar-refractivity contribution >= 4 is 11.6 Å². The van der Waals surface area contributed by atoms with E-state index in [4.69, 9.17) is 0 Å². The number of rotatable bonds is 5. The maximum Gasteiger partial charge on any atom is 0.259 e. The van der Waals surface area contributed by atoms with Gasteiger partial charge in [-0.05, 0) is 37.2 Å². The van der Waals surface area contributed by atoms with Crippen molar-refractivity contribution in [3.05, 3.63) is 53.9 Å². The van der Waals surface area contributed by atoms with Crippen LogP contribution < -0.4 is 10.6 Å². The second-order valence-corrected chi connectivity index (χ2v) is 4.75. The molecule has 2 aromatic rings. The Hall–Kier alpha value is -2.40. The average Bonchev–Trinajstić information content (AvgIpc) is 2.48. The largest absolute Gasteiger partial charge is 0.505 e. The zero-order valence-electron chi connectivity index (χ0n) is 12.1. The number of amides is 1. The van der Waals surface area contributed by atoms with E-state index in [1.807, 2.05) is 31.2 Å². The van der Waals surface area contributed by atoms with Gasteiger partial charge in [-0.3, -0.25) is 9.78 Å². The van der Waals surface area contributed by atoms with Crippen LogP contribution in [0.4, 0.5) is 5.69 Å². The summed E-state index contributed by atoms with van der Waals surface area (Å²) in [5, 5.41) is 15.7. The van der Waals surface area contributed by atoms with Crippen molar-refractivity contribution in [2.45, 2.75) is 19.9 Å². The molecule has 21 heavy (non-hydrogen) atoms. The second kappa shape index (κ2) is 6.85. The number of hydrogen-bond donors (Lipinski definition) is 3. The molecular formula is C16H19N3O2. The maximum absolute atomic E-state index is 12.1. The molecule has 1 aromatic carbocycles. The van der Waals surface area contributed by atoms with E-state index < -0.39 is 0 Å². The van der Waals surface area contributed by atoms with Gasteiger partial charge in [0.05, 0.1) is 11.8 Å². The van der Waals surface area contributed by atoms with Crippen molar-refractivity contribution < 1.29 is 9.90 Å². The summed E-state index contributed by atoms with van der Waals surface area (Å²) in [6.07, 6.45) is 2.72. The molecule has 0 saturated carbocycles. The maximum atomic E-state index is 12.1. The minimum absolute atomic E-state index is 0.132. The molecule has 3 N–H and O–H groups in total. The molecule has 0 spiro atoms.